The minimum Gasteiger partial charge on any atom is -0.394 e. The summed E-state index contributed by atoms with van der Waals surface area (Å²) >= 11 is 1.95. The lowest BCUT2D eigenvalue weighted by atomic mass is 10.1. The molecule has 0 amide bonds. The Morgan fingerprint density at radius 3 is 2.07 bits per heavy atom. The van der Waals surface area contributed by atoms with E-state index in [1.54, 1.807) is 0 Å². The van der Waals surface area contributed by atoms with Crippen LogP contribution in [0, 0.1) is 0 Å². The molecule has 0 radical (unpaired) electrons. The number of aliphatic hydroxyl groups excluding tert-OH is 1. The molecule has 0 rings (SSSR count). The van der Waals surface area contributed by atoms with Crippen LogP contribution >= 0.6 is 11.8 Å². The molecule has 86 valence electrons. The summed E-state index contributed by atoms with van der Waals surface area (Å²) in [6.45, 7) is 13.1. The highest BCUT2D eigenvalue weighted by Gasteiger charge is 2.20. The number of thioether (sulfide) groups is 1. The zero-order chi connectivity index (χ0) is 11.4. The van der Waals surface area contributed by atoms with Crippen LogP contribution in [0.15, 0.2) is 0 Å². The van der Waals surface area contributed by atoms with Crippen molar-refractivity contribution < 1.29 is 5.11 Å². The van der Waals surface area contributed by atoms with Crippen LogP contribution in [0.5, 0.6) is 0 Å². The molecule has 0 saturated heterocycles. The second-order valence-electron chi connectivity index (χ2n) is 5.51. The van der Waals surface area contributed by atoms with Crippen molar-refractivity contribution in [2.24, 2.45) is 0 Å². The highest BCUT2D eigenvalue weighted by atomic mass is 32.2. The molecule has 2 nitrogen and oxygen atoms in total. The van der Waals surface area contributed by atoms with Crippen molar-refractivity contribution in [3.8, 4) is 0 Å². The van der Waals surface area contributed by atoms with Gasteiger partial charge >= 0.3 is 0 Å². The van der Waals surface area contributed by atoms with E-state index < -0.39 is 0 Å². The Labute approximate surface area is 92.9 Å². The maximum atomic E-state index is 9.10. The first-order chi connectivity index (χ1) is 6.16. The third kappa shape index (κ3) is 7.65. The summed E-state index contributed by atoms with van der Waals surface area (Å²) in [5.74, 6) is 1.08. The van der Waals surface area contributed by atoms with Crippen LogP contribution in [-0.4, -0.2) is 33.8 Å². The fourth-order valence-corrected chi connectivity index (χ4v) is 1.96. The summed E-state index contributed by atoms with van der Waals surface area (Å²) in [6, 6.07) is 0.432. The Morgan fingerprint density at radius 1 is 1.21 bits per heavy atom. The lowest BCUT2D eigenvalue weighted by molar-refractivity contribution is 0.180. The van der Waals surface area contributed by atoms with Gasteiger partial charge in [0.2, 0.25) is 0 Å². The van der Waals surface area contributed by atoms with Crippen molar-refractivity contribution in [3.05, 3.63) is 0 Å². The number of aliphatic hydroxyl groups is 1. The van der Waals surface area contributed by atoms with Crippen molar-refractivity contribution in [1.29, 1.82) is 0 Å². The van der Waals surface area contributed by atoms with E-state index in [0.717, 1.165) is 5.75 Å². The third-order valence-electron chi connectivity index (χ3n) is 1.80. The van der Waals surface area contributed by atoms with Crippen LogP contribution in [0.4, 0.5) is 0 Å². The zero-order valence-electron chi connectivity index (χ0n) is 10.3. The lowest BCUT2D eigenvalue weighted by Crippen LogP contribution is -2.48. The largest absolute Gasteiger partial charge is 0.394 e. The van der Waals surface area contributed by atoms with Crippen LogP contribution in [0.3, 0.4) is 0 Å². The van der Waals surface area contributed by atoms with E-state index in [9.17, 15) is 0 Å². The Hall–Kier alpha value is 0.270. The van der Waals surface area contributed by atoms with Crippen LogP contribution in [-0.2, 0) is 0 Å². The second kappa shape index (κ2) is 5.38. The molecule has 0 aliphatic heterocycles. The highest BCUT2D eigenvalue weighted by molar-refractivity contribution is 8.00. The summed E-state index contributed by atoms with van der Waals surface area (Å²) < 4.78 is 0.319. The van der Waals surface area contributed by atoms with E-state index in [0.29, 0.717) is 10.8 Å². The topological polar surface area (TPSA) is 32.3 Å². The molecular formula is C11H25NOS. The van der Waals surface area contributed by atoms with E-state index in [2.05, 4.69) is 33.0 Å². The molecular weight excluding hydrogens is 194 g/mol. The van der Waals surface area contributed by atoms with E-state index in [4.69, 9.17) is 5.11 Å². The molecule has 0 spiro atoms. The van der Waals surface area contributed by atoms with Gasteiger partial charge in [0.05, 0.1) is 6.61 Å². The monoisotopic (exact) mass is 219 g/mol. The summed E-state index contributed by atoms with van der Waals surface area (Å²) in [4.78, 5) is 0. The van der Waals surface area contributed by atoms with E-state index in [1.165, 1.54) is 0 Å². The molecule has 3 heteroatoms. The quantitative estimate of drug-likeness (QED) is 0.744. The summed E-state index contributed by atoms with van der Waals surface area (Å²) in [5.41, 5.74) is -0.169. The smallest absolute Gasteiger partial charge is 0.0607 e. The zero-order valence-corrected chi connectivity index (χ0v) is 11.2. The molecule has 0 heterocycles. The van der Waals surface area contributed by atoms with Crippen LogP contribution in [0.2, 0.25) is 0 Å². The van der Waals surface area contributed by atoms with Crippen molar-refractivity contribution >= 4 is 11.8 Å². The van der Waals surface area contributed by atoms with Gasteiger partial charge in [-0.3, -0.25) is 0 Å². The Bertz CT molecular complexity index is 163. The molecule has 0 aliphatic carbocycles. The van der Waals surface area contributed by atoms with Gasteiger partial charge in [-0.25, -0.2) is 0 Å². The number of nitrogens with one attached hydrogen (secondary N) is 1. The summed E-state index contributed by atoms with van der Waals surface area (Å²) in [6.07, 6.45) is 0. The number of hydrogen-bond donors (Lipinski definition) is 2. The summed E-state index contributed by atoms with van der Waals surface area (Å²) in [7, 11) is 0. The maximum Gasteiger partial charge on any atom is 0.0607 e. The molecule has 0 aromatic carbocycles. The van der Waals surface area contributed by atoms with Gasteiger partial charge in [-0.1, -0.05) is 20.8 Å². The molecule has 0 aromatic heterocycles. The minimum absolute atomic E-state index is 0.169. The van der Waals surface area contributed by atoms with Gasteiger partial charge in [0.15, 0.2) is 0 Å². The van der Waals surface area contributed by atoms with Crippen molar-refractivity contribution in [1.82, 2.24) is 5.32 Å². The van der Waals surface area contributed by atoms with Crippen molar-refractivity contribution in [2.75, 3.05) is 12.4 Å². The predicted octanol–water partition coefficient (Wildman–Crippen LogP) is 2.27. The molecule has 2 N–H and O–H groups in total. The van der Waals surface area contributed by atoms with Gasteiger partial charge in [0.25, 0.3) is 0 Å². The summed E-state index contributed by atoms with van der Waals surface area (Å²) in [5, 5.41) is 12.5. The lowest BCUT2D eigenvalue weighted by Gasteiger charge is -2.29. The van der Waals surface area contributed by atoms with Gasteiger partial charge in [-0.05, 0) is 20.8 Å². The van der Waals surface area contributed by atoms with Crippen molar-refractivity contribution in [2.45, 2.75) is 57.9 Å². The van der Waals surface area contributed by atoms with Crippen LogP contribution in [0.1, 0.15) is 41.5 Å². The molecule has 0 aliphatic rings. The average molecular weight is 219 g/mol. The second-order valence-corrected chi connectivity index (χ2v) is 7.36. The molecule has 1 atom stereocenters. The van der Waals surface area contributed by atoms with E-state index >= 15 is 0 Å². The van der Waals surface area contributed by atoms with Gasteiger partial charge < -0.3 is 10.4 Å². The van der Waals surface area contributed by atoms with E-state index in [-0.39, 0.29) is 12.1 Å². The van der Waals surface area contributed by atoms with Gasteiger partial charge in [-0.2, -0.15) is 11.8 Å². The number of rotatable bonds is 5. The fourth-order valence-electron chi connectivity index (χ4n) is 1.13. The van der Waals surface area contributed by atoms with Crippen LogP contribution in [0.25, 0.3) is 0 Å². The first-order valence-electron chi connectivity index (χ1n) is 5.19. The molecule has 0 saturated carbocycles. The third-order valence-corrected chi connectivity index (χ3v) is 3.33. The normalized spacial score (nSPS) is 15.6. The van der Waals surface area contributed by atoms with Gasteiger partial charge in [0.1, 0.15) is 0 Å². The van der Waals surface area contributed by atoms with Crippen LogP contribution < -0.4 is 5.32 Å². The Kier molecular flexibility index (Phi) is 5.48. The van der Waals surface area contributed by atoms with Gasteiger partial charge in [0, 0.05) is 22.1 Å². The number of hydrogen-bond acceptors (Lipinski definition) is 3. The minimum atomic E-state index is -0.169. The van der Waals surface area contributed by atoms with Gasteiger partial charge in [-0.15, -0.1) is 0 Å². The Morgan fingerprint density at radius 2 is 1.71 bits per heavy atom. The standard InChI is InChI=1S/C11H25NOS/c1-9(7-14-10(2,3)4)12-11(5,6)8-13/h9,12-13H,7-8H2,1-6H3. The van der Waals surface area contributed by atoms with Crippen molar-refractivity contribution in [3.63, 3.8) is 0 Å². The van der Waals surface area contributed by atoms with E-state index in [1.807, 2.05) is 25.6 Å². The molecule has 0 fully saturated rings. The predicted molar refractivity (Wildman–Crippen MR) is 66.0 cm³/mol. The fraction of sp³-hybridized carbons (Fsp3) is 1.00. The molecule has 1 unspecified atom stereocenters. The highest BCUT2D eigenvalue weighted by Crippen LogP contribution is 2.23. The molecule has 14 heavy (non-hydrogen) atoms. The average Bonchev–Trinajstić information content (AvgIpc) is 1.99. The molecule has 0 bridgehead atoms. The SMILES string of the molecule is CC(CSC(C)(C)C)NC(C)(C)CO. The first kappa shape index (κ1) is 14.3. The molecule has 0 aromatic rings. The Balaban J connectivity index is 3.82. The first-order valence-corrected chi connectivity index (χ1v) is 6.17. The maximum absolute atomic E-state index is 9.10.